The zero-order valence-electron chi connectivity index (χ0n) is 14.7. The number of nitrogens with one attached hydrogen (secondary N) is 2. The third-order valence-corrected chi connectivity index (χ3v) is 4.81. The van der Waals surface area contributed by atoms with Gasteiger partial charge in [-0.25, -0.2) is 17.5 Å². The van der Waals surface area contributed by atoms with E-state index in [2.05, 4.69) is 10.0 Å². The molecular formula is C18H21FN2O4S. The van der Waals surface area contributed by atoms with Crippen LogP contribution in [0.5, 0.6) is 5.75 Å². The molecule has 0 atom stereocenters. The molecule has 0 radical (unpaired) electrons. The van der Waals surface area contributed by atoms with Crippen LogP contribution in [0.3, 0.4) is 0 Å². The first-order valence-electron chi connectivity index (χ1n) is 7.87. The molecule has 0 fully saturated rings. The third kappa shape index (κ3) is 6.12. The SMILES string of the molecule is CC(C)(C)NS(=O)(=O)c1cccc(NC(=O)COc2ccc(F)cc2)c1. The Bertz CT molecular complexity index is 875. The van der Waals surface area contributed by atoms with Crippen LogP contribution < -0.4 is 14.8 Å². The minimum Gasteiger partial charge on any atom is -0.484 e. The first-order valence-corrected chi connectivity index (χ1v) is 9.36. The van der Waals surface area contributed by atoms with Crippen molar-refractivity contribution >= 4 is 21.6 Å². The Morgan fingerprint density at radius 3 is 2.38 bits per heavy atom. The van der Waals surface area contributed by atoms with Gasteiger partial charge in [0.25, 0.3) is 5.91 Å². The van der Waals surface area contributed by atoms with Crippen molar-refractivity contribution in [2.24, 2.45) is 0 Å². The number of anilines is 1. The summed E-state index contributed by atoms with van der Waals surface area (Å²) in [7, 11) is -3.70. The zero-order chi connectivity index (χ0) is 19.4. The van der Waals surface area contributed by atoms with E-state index in [0.717, 1.165) is 0 Å². The Kier molecular flexibility index (Phi) is 5.99. The fourth-order valence-corrected chi connectivity index (χ4v) is 3.54. The van der Waals surface area contributed by atoms with E-state index in [1.807, 2.05) is 0 Å². The van der Waals surface area contributed by atoms with Crippen LogP contribution in [0.2, 0.25) is 0 Å². The minimum absolute atomic E-state index is 0.0460. The molecule has 0 aliphatic rings. The van der Waals surface area contributed by atoms with Crippen molar-refractivity contribution in [2.75, 3.05) is 11.9 Å². The fourth-order valence-electron chi connectivity index (χ4n) is 2.08. The summed E-state index contributed by atoms with van der Waals surface area (Å²) in [6.45, 7) is 4.93. The second-order valence-electron chi connectivity index (χ2n) is 6.67. The van der Waals surface area contributed by atoms with Gasteiger partial charge in [0.15, 0.2) is 6.61 Å². The van der Waals surface area contributed by atoms with Gasteiger partial charge in [0.2, 0.25) is 10.0 Å². The molecule has 2 N–H and O–H groups in total. The molecule has 0 unspecified atom stereocenters. The largest absolute Gasteiger partial charge is 0.484 e. The highest BCUT2D eigenvalue weighted by atomic mass is 32.2. The van der Waals surface area contributed by atoms with Gasteiger partial charge in [-0.2, -0.15) is 0 Å². The van der Waals surface area contributed by atoms with E-state index in [1.54, 1.807) is 26.8 Å². The smallest absolute Gasteiger partial charge is 0.262 e. The highest BCUT2D eigenvalue weighted by Crippen LogP contribution is 2.18. The molecule has 2 rings (SSSR count). The van der Waals surface area contributed by atoms with Crippen molar-refractivity contribution in [3.63, 3.8) is 0 Å². The summed E-state index contributed by atoms with van der Waals surface area (Å²) in [6, 6.07) is 11.2. The van der Waals surface area contributed by atoms with Gasteiger partial charge in [0, 0.05) is 11.2 Å². The first-order chi connectivity index (χ1) is 12.0. The van der Waals surface area contributed by atoms with Crippen molar-refractivity contribution in [3.8, 4) is 5.75 Å². The molecule has 0 spiro atoms. The van der Waals surface area contributed by atoms with E-state index in [0.29, 0.717) is 11.4 Å². The maximum absolute atomic E-state index is 12.8. The van der Waals surface area contributed by atoms with E-state index in [1.165, 1.54) is 42.5 Å². The number of ether oxygens (including phenoxy) is 1. The lowest BCUT2D eigenvalue weighted by Gasteiger charge is -2.20. The molecule has 8 heteroatoms. The number of carbonyl (C=O) groups excluding carboxylic acids is 1. The number of amides is 1. The highest BCUT2D eigenvalue weighted by molar-refractivity contribution is 7.89. The molecule has 6 nitrogen and oxygen atoms in total. The summed E-state index contributed by atoms with van der Waals surface area (Å²) in [5.74, 6) is -0.511. The second kappa shape index (κ2) is 7.84. The second-order valence-corrected chi connectivity index (χ2v) is 8.36. The fraction of sp³-hybridized carbons (Fsp3) is 0.278. The van der Waals surface area contributed by atoms with Crippen molar-refractivity contribution in [3.05, 3.63) is 54.3 Å². The summed E-state index contributed by atoms with van der Waals surface area (Å²) in [4.78, 5) is 12.0. The third-order valence-electron chi connectivity index (χ3n) is 3.05. The van der Waals surface area contributed by atoms with Crippen LogP contribution in [-0.2, 0) is 14.8 Å². The molecular weight excluding hydrogens is 359 g/mol. The van der Waals surface area contributed by atoms with Gasteiger partial charge in [-0.1, -0.05) is 6.07 Å². The average molecular weight is 380 g/mol. The van der Waals surface area contributed by atoms with Crippen LogP contribution in [0, 0.1) is 5.82 Å². The van der Waals surface area contributed by atoms with E-state index in [9.17, 15) is 17.6 Å². The Balaban J connectivity index is 2.01. The number of hydrogen-bond donors (Lipinski definition) is 2. The van der Waals surface area contributed by atoms with Gasteiger partial charge in [-0.15, -0.1) is 0 Å². The molecule has 0 saturated heterocycles. The molecule has 2 aromatic rings. The predicted molar refractivity (Wildman–Crippen MR) is 97.0 cm³/mol. The standard InChI is InChI=1S/C18H21FN2O4S/c1-18(2,3)21-26(23,24)16-6-4-5-14(11-16)20-17(22)12-25-15-9-7-13(19)8-10-15/h4-11,21H,12H2,1-3H3,(H,20,22). The van der Waals surface area contributed by atoms with Crippen LogP contribution in [0.4, 0.5) is 10.1 Å². The van der Waals surface area contributed by atoms with Crippen LogP contribution in [0.1, 0.15) is 20.8 Å². The van der Waals surface area contributed by atoms with Gasteiger partial charge in [-0.05, 0) is 63.2 Å². The Labute approximate surface area is 152 Å². The van der Waals surface area contributed by atoms with Crippen LogP contribution in [0.25, 0.3) is 0 Å². The van der Waals surface area contributed by atoms with E-state index >= 15 is 0 Å². The maximum Gasteiger partial charge on any atom is 0.262 e. The summed E-state index contributed by atoms with van der Waals surface area (Å²) < 4.78 is 45.3. The number of rotatable bonds is 6. The molecule has 26 heavy (non-hydrogen) atoms. The van der Waals surface area contributed by atoms with Gasteiger partial charge in [-0.3, -0.25) is 4.79 Å². The lowest BCUT2D eigenvalue weighted by molar-refractivity contribution is -0.118. The number of sulfonamides is 1. The number of halogens is 1. The topological polar surface area (TPSA) is 84.5 Å². The monoisotopic (exact) mass is 380 g/mol. The molecule has 0 aromatic heterocycles. The minimum atomic E-state index is -3.70. The van der Waals surface area contributed by atoms with Crippen LogP contribution in [0.15, 0.2) is 53.4 Å². The number of benzene rings is 2. The Hall–Kier alpha value is -2.45. The van der Waals surface area contributed by atoms with E-state index < -0.39 is 27.3 Å². The van der Waals surface area contributed by atoms with Crippen molar-refractivity contribution in [2.45, 2.75) is 31.2 Å². The van der Waals surface area contributed by atoms with Crippen LogP contribution in [-0.4, -0.2) is 26.5 Å². The van der Waals surface area contributed by atoms with Gasteiger partial charge in [0.1, 0.15) is 11.6 Å². The molecule has 0 bridgehead atoms. The Morgan fingerprint density at radius 2 is 1.77 bits per heavy atom. The molecule has 2 aromatic carbocycles. The summed E-state index contributed by atoms with van der Waals surface area (Å²) in [5.41, 5.74) is -0.296. The predicted octanol–water partition coefficient (Wildman–Crippen LogP) is 2.92. The average Bonchev–Trinajstić information content (AvgIpc) is 2.52. The lowest BCUT2D eigenvalue weighted by atomic mass is 10.1. The first kappa shape index (κ1) is 19.9. The highest BCUT2D eigenvalue weighted by Gasteiger charge is 2.22. The molecule has 0 heterocycles. The maximum atomic E-state index is 12.8. The summed E-state index contributed by atoms with van der Waals surface area (Å²) in [6.07, 6.45) is 0. The van der Waals surface area contributed by atoms with Gasteiger partial charge in [0.05, 0.1) is 4.90 Å². The van der Waals surface area contributed by atoms with Crippen LogP contribution >= 0.6 is 0 Å². The van der Waals surface area contributed by atoms with E-state index in [4.69, 9.17) is 4.74 Å². The summed E-state index contributed by atoms with van der Waals surface area (Å²) in [5, 5.41) is 2.57. The molecule has 0 saturated carbocycles. The van der Waals surface area contributed by atoms with Gasteiger partial charge >= 0.3 is 0 Å². The number of hydrogen-bond acceptors (Lipinski definition) is 4. The normalized spacial score (nSPS) is 11.8. The van der Waals surface area contributed by atoms with Gasteiger partial charge < -0.3 is 10.1 Å². The van der Waals surface area contributed by atoms with Crippen molar-refractivity contribution in [1.82, 2.24) is 4.72 Å². The van der Waals surface area contributed by atoms with Crippen molar-refractivity contribution < 1.29 is 22.3 Å². The Morgan fingerprint density at radius 1 is 1.12 bits per heavy atom. The van der Waals surface area contributed by atoms with Crippen molar-refractivity contribution in [1.29, 1.82) is 0 Å². The molecule has 0 aliphatic heterocycles. The molecule has 140 valence electrons. The molecule has 0 aliphatic carbocycles. The number of carbonyl (C=O) groups is 1. The quantitative estimate of drug-likeness (QED) is 0.807. The lowest BCUT2D eigenvalue weighted by Crippen LogP contribution is -2.40. The van der Waals surface area contributed by atoms with E-state index in [-0.39, 0.29) is 11.5 Å². The zero-order valence-corrected chi connectivity index (χ0v) is 15.6. The summed E-state index contributed by atoms with van der Waals surface area (Å²) >= 11 is 0. The molecule has 1 amide bonds.